The molecule has 1 aliphatic rings. The molecule has 0 saturated heterocycles. The molecule has 6 nitrogen and oxygen atoms in total. The van der Waals surface area contributed by atoms with Gasteiger partial charge >= 0.3 is 12.1 Å². The number of aromatic nitrogens is 2. The number of fused-ring (bicyclic) bond motifs is 3. The molecule has 0 bridgehead atoms. The van der Waals surface area contributed by atoms with Crippen LogP contribution in [0.15, 0.2) is 16.7 Å². The molecular formula is C15H13BrF3N3O3. The summed E-state index contributed by atoms with van der Waals surface area (Å²) in [6.45, 7) is -1.66. The van der Waals surface area contributed by atoms with E-state index in [1.807, 2.05) is 0 Å². The highest BCUT2D eigenvalue weighted by atomic mass is 79.9. The maximum absolute atomic E-state index is 12.9. The molecule has 0 radical (unpaired) electrons. The maximum Gasteiger partial charge on any atom is 0.406 e. The first-order chi connectivity index (χ1) is 11.7. The molecule has 0 aliphatic carbocycles. The van der Waals surface area contributed by atoms with E-state index in [-0.39, 0.29) is 13.0 Å². The SMILES string of the molecule is O=C(O)C[C@@H]1Cc2cc(Br)c3[nH]ncc3c2CN(CC(F)(F)F)C1=O. The minimum absolute atomic E-state index is 0.0640. The molecule has 2 N–H and O–H groups in total. The van der Waals surface area contributed by atoms with Crippen molar-refractivity contribution in [2.45, 2.75) is 25.6 Å². The van der Waals surface area contributed by atoms with Crippen molar-refractivity contribution in [1.82, 2.24) is 15.1 Å². The molecule has 1 amide bonds. The number of hydrogen-bond donors (Lipinski definition) is 2. The lowest BCUT2D eigenvalue weighted by Crippen LogP contribution is -2.41. The van der Waals surface area contributed by atoms with Gasteiger partial charge in [-0.1, -0.05) is 0 Å². The first-order valence-corrected chi connectivity index (χ1v) is 8.15. The quantitative estimate of drug-likeness (QED) is 0.800. The highest BCUT2D eigenvalue weighted by Crippen LogP contribution is 2.35. The fourth-order valence-electron chi connectivity index (χ4n) is 3.15. The van der Waals surface area contributed by atoms with E-state index >= 15 is 0 Å². The van der Waals surface area contributed by atoms with Gasteiger partial charge in [-0.05, 0) is 39.5 Å². The minimum Gasteiger partial charge on any atom is -0.481 e. The predicted octanol–water partition coefficient (Wildman–Crippen LogP) is 2.86. The fourth-order valence-corrected chi connectivity index (χ4v) is 3.73. The number of amides is 1. The number of H-pyrrole nitrogens is 1. The summed E-state index contributed by atoms with van der Waals surface area (Å²) in [5, 5.41) is 16.3. The third kappa shape index (κ3) is 3.63. The standard InChI is InChI=1S/C15H13BrF3N3O3/c16-11-2-7-1-8(3-12(23)24)14(25)22(6-15(17,18)19)5-10(7)9-4-20-21-13(9)11/h2,4,8H,1,3,5-6H2,(H,20,21)(H,23,24)/t8-/m0/s1. The number of carbonyl (C=O) groups is 2. The van der Waals surface area contributed by atoms with Crippen LogP contribution in [0.5, 0.6) is 0 Å². The first kappa shape index (κ1) is 17.7. The molecule has 0 fully saturated rings. The van der Waals surface area contributed by atoms with E-state index < -0.39 is 36.9 Å². The summed E-state index contributed by atoms with van der Waals surface area (Å²) >= 11 is 3.36. The van der Waals surface area contributed by atoms with Crippen molar-refractivity contribution in [3.8, 4) is 0 Å². The number of halogens is 4. The molecule has 1 aromatic carbocycles. The minimum atomic E-state index is -4.57. The van der Waals surface area contributed by atoms with Crippen molar-refractivity contribution in [1.29, 1.82) is 0 Å². The Bertz CT molecular complexity index is 850. The zero-order valence-corrected chi connectivity index (χ0v) is 14.3. The Labute approximate surface area is 148 Å². The molecule has 10 heteroatoms. The summed E-state index contributed by atoms with van der Waals surface area (Å²) in [7, 11) is 0. The third-order valence-corrected chi connectivity index (χ3v) is 4.78. The van der Waals surface area contributed by atoms with Gasteiger partial charge in [-0.25, -0.2) is 0 Å². The summed E-state index contributed by atoms with van der Waals surface area (Å²) in [5.74, 6) is -3.07. The lowest BCUT2D eigenvalue weighted by molar-refractivity contribution is -0.165. The third-order valence-electron chi connectivity index (χ3n) is 4.16. The molecule has 134 valence electrons. The second-order valence-corrected chi connectivity index (χ2v) is 6.82. The number of carbonyl (C=O) groups excluding carboxylic acids is 1. The number of nitrogens with one attached hydrogen (secondary N) is 1. The Hall–Kier alpha value is -2.10. The normalized spacial score (nSPS) is 18.3. The van der Waals surface area contributed by atoms with Gasteiger partial charge in [0.25, 0.3) is 0 Å². The topological polar surface area (TPSA) is 86.3 Å². The molecule has 1 aliphatic heterocycles. The van der Waals surface area contributed by atoms with Crippen molar-refractivity contribution < 1.29 is 27.9 Å². The van der Waals surface area contributed by atoms with Crippen LogP contribution in [-0.2, 0) is 22.6 Å². The fraction of sp³-hybridized carbons (Fsp3) is 0.400. The molecule has 3 rings (SSSR count). The Morgan fingerprint density at radius 3 is 2.84 bits per heavy atom. The molecule has 0 saturated carbocycles. The molecule has 0 unspecified atom stereocenters. The van der Waals surface area contributed by atoms with E-state index in [1.165, 1.54) is 6.20 Å². The number of hydrogen-bond acceptors (Lipinski definition) is 3. The number of alkyl halides is 3. The summed E-state index contributed by atoms with van der Waals surface area (Å²) < 4.78 is 39.3. The molecular weight excluding hydrogens is 407 g/mol. The summed E-state index contributed by atoms with van der Waals surface area (Å²) in [5.41, 5.74) is 1.82. The zero-order chi connectivity index (χ0) is 18.4. The number of aromatic amines is 1. The monoisotopic (exact) mass is 419 g/mol. The van der Waals surface area contributed by atoms with Crippen LogP contribution in [0.4, 0.5) is 13.2 Å². The van der Waals surface area contributed by atoms with Crippen LogP contribution < -0.4 is 0 Å². The highest BCUT2D eigenvalue weighted by molar-refractivity contribution is 9.10. The van der Waals surface area contributed by atoms with Gasteiger partial charge in [0.15, 0.2) is 0 Å². The van der Waals surface area contributed by atoms with Crippen molar-refractivity contribution in [3.63, 3.8) is 0 Å². The van der Waals surface area contributed by atoms with Crippen LogP contribution in [-0.4, -0.2) is 44.8 Å². The second-order valence-electron chi connectivity index (χ2n) is 5.96. The van der Waals surface area contributed by atoms with Gasteiger partial charge in [0.1, 0.15) is 6.54 Å². The number of aliphatic carboxylic acids is 1. The van der Waals surface area contributed by atoms with Crippen molar-refractivity contribution >= 4 is 38.7 Å². The van der Waals surface area contributed by atoms with Gasteiger partial charge in [0.2, 0.25) is 5.91 Å². The van der Waals surface area contributed by atoms with Crippen LogP contribution in [0.1, 0.15) is 17.5 Å². The molecule has 1 aromatic heterocycles. The molecule has 1 atom stereocenters. The second kappa shape index (κ2) is 6.32. The van der Waals surface area contributed by atoms with E-state index in [4.69, 9.17) is 5.11 Å². The number of benzene rings is 1. The summed E-state index contributed by atoms with van der Waals surface area (Å²) in [6.07, 6.45) is -3.53. The van der Waals surface area contributed by atoms with Gasteiger partial charge in [0, 0.05) is 16.4 Å². The van der Waals surface area contributed by atoms with Crippen LogP contribution in [0.25, 0.3) is 10.9 Å². The van der Waals surface area contributed by atoms with E-state index in [0.717, 1.165) is 0 Å². The number of nitrogens with zero attached hydrogens (tertiary/aromatic N) is 2. The van der Waals surface area contributed by atoms with E-state index in [1.54, 1.807) is 6.07 Å². The van der Waals surface area contributed by atoms with Gasteiger partial charge in [-0.3, -0.25) is 14.7 Å². The van der Waals surface area contributed by atoms with Crippen LogP contribution in [0.2, 0.25) is 0 Å². The number of carboxylic acids is 1. The molecule has 0 spiro atoms. The number of rotatable bonds is 3. The van der Waals surface area contributed by atoms with E-state index in [9.17, 15) is 22.8 Å². The molecule has 2 aromatic rings. The van der Waals surface area contributed by atoms with Crippen LogP contribution in [0.3, 0.4) is 0 Å². The van der Waals surface area contributed by atoms with E-state index in [2.05, 4.69) is 26.1 Å². The Morgan fingerprint density at radius 1 is 1.48 bits per heavy atom. The lowest BCUT2D eigenvalue weighted by atomic mass is 9.93. The maximum atomic E-state index is 12.9. The lowest BCUT2D eigenvalue weighted by Gasteiger charge is -2.25. The average molecular weight is 420 g/mol. The summed E-state index contributed by atoms with van der Waals surface area (Å²) in [6, 6.07) is 1.70. The Kier molecular flexibility index (Phi) is 4.48. The van der Waals surface area contributed by atoms with Crippen LogP contribution in [0, 0.1) is 5.92 Å². The van der Waals surface area contributed by atoms with E-state index in [0.29, 0.717) is 31.4 Å². The van der Waals surface area contributed by atoms with Gasteiger partial charge in [-0.15, -0.1) is 0 Å². The Morgan fingerprint density at radius 2 is 2.20 bits per heavy atom. The van der Waals surface area contributed by atoms with Crippen molar-refractivity contribution in [3.05, 3.63) is 27.9 Å². The molecule has 25 heavy (non-hydrogen) atoms. The van der Waals surface area contributed by atoms with Gasteiger partial charge in [0.05, 0.1) is 24.1 Å². The Balaban J connectivity index is 2.11. The number of carboxylic acid groups (broad SMARTS) is 1. The van der Waals surface area contributed by atoms with Crippen molar-refractivity contribution in [2.24, 2.45) is 5.92 Å². The largest absolute Gasteiger partial charge is 0.481 e. The predicted molar refractivity (Wildman–Crippen MR) is 84.7 cm³/mol. The molecule has 2 heterocycles. The van der Waals surface area contributed by atoms with Gasteiger partial charge in [-0.2, -0.15) is 18.3 Å². The van der Waals surface area contributed by atoms with Gasteiger partial charge < -0.3 is 10.0 Å². The van der Waals surface area contributed by atoms with Crippen LogP contribution >= 0.6 is 15.9 Å². The zero-order valence-electron chi connectivity index (χ0n) is 12.7. The summed E-state index contributed by atoms with van der Waals surface area (Å²) in [4.78, 5) is 24.2. The smallest absolute Gasteiger partial charge is 0.406 e. The highest BCUT2D eigenvalue weighted by Gasteiger charge is 2.38. The van der Waals surface area contributed by atoms with Crippen molar-refractivity contribution in [2.75, 3.05) is 6.54 Å². The first-order valence-electron chi connectivity index (χ1n) is 7.36. The average Bonchev–Trinajstić information content (AvgIpc) is 2.93.